The van der Waals surface area contributed by atoms with Crippen LogP contribution < -0.4 is 11.1 Å². The summed E-state index contributed by atoms with van der Waals surface area (Å²) in [6.45, 7) is 4.07. The summed E-state index contributed by atoms with van der Waals surface area (Å²) in [4.78, 5) is 25.9. The second-order valence-electron chi connectivity index (χ2n) is 5.65. The van der Waals surface area contributed by atoms with E-state index in [0.29, 0.717) is 24.2 Å². The van der Waals surface area contributed by atoms with Gasteiger partial charge in [0.25, 0.3) is 11.8 Å². The fraction of sp³-hybridized carbons (Fsp3) is 0.467. The lowest BCUT2D eigenvalue weighted by atomic mass is 9.90. The summed E-state index contributed by atoms with van der Waals surface area (Å²) >= 11 is 0. The highest BCUT2D eigenvalue weighted by Crippen LogP contribution is 2.29. The van der Waals surface area contributed by atoms with Gasteiger partial charge in [-0.2, -0.15) is 0 Å². The minimum absolute atomic E-state index is 0. The van der Waals surface area contributed by atoms with Gasteiger partial charge in [0, 0.05) is 31.3 Å². The Hall–Kier alpha value is -1.59. The molecular weight excluding hydrogens is 290 g/mol. The fourth-order valence-electron chi connectivity index (χ4n) is 2.48. The first-order valence-electron chi connectivity index (χ1n) is 6.80. The molecule has 2 rings (SSSR count). The van der Waals surface area contributed by atoms with Gasteiger partial charge in [0.15, 0.2) is 0 Å². The molecule has 1 saturated heterocycles. The van der Waals surface area contributed by atoms with Crippen molar-refractivity contribution in [1.82, 2.24) is 10.2 Å². The molecule has 1 fully saturated rings. The summed E-state index contributed by atoms with van der Waals surface area (Å²) in [5.74, 6) is -0.221. The van der Waals surface area contributed by atoms with Crippen LogP contribution in [0.25, 0.3) is 0 Å². The third-order valence-electron chi connectivity index (χ3n) is 3.94. The van der Waals surface area contributed by atoms with E-state index in [1.165, 1.54) is 0 Å². The van der Waals surface area contributed by atoms with Crippen LogP contribution in [-0.4, -0.2) is 43.4 Å². The van der Waals surface area contributed by atoms with Crippen molar-refractivity contribution in [3.05, 3.63) is 35.4 Å². The molecule has 5 nitrogen and oxygen atoms in total. The number of carbonyl (C=O) groups excluding carboxylic acids is 2. The predicted octanol–water partition coefficient (Wildman–Crippen LogP) is 1.28. The van der Waals surface area contributed by atoms with E-state index >= 15 is 0 Å². The molecule has 3 N–H and O–H groups in total. The van der Waals surface area contributed by atoms with Crippen molar-refractivity contribution in [2.24, 2.45) is 11.1 Å². The van der Waals surface area contributed by atoms with Crippen LogP contribution in [0.5, 0.6) is 0 Å². The average Bonchev–Trinajstić information content (AvgIpc) is 2.89. The molecule has 0 radical (unpaired) electrons. The molecule has 1 aliphatic heterocycles. The Bertz CT molecular complexity index is 535. The van der Waals surface area contributed by atoms with Crippen molar-refractivity contribution >= 4 is 24.2 Å². The summed E-state index contributed by atoms with van der Waals surface area (Å²) in [5, 5.41) is 2.56. The zero-order valence-electron chi connectivity index (χ0n) is 12.4. The van der Waals surface area contributed by atoms with Crippen LogP contribution in [0.1, 0.15) is 34.1 Å². The Kier molecular flexibility index (Phi) is 5.75. The molecule has 6 heteroatoms. The van der Waals surface area contributed by atoms with E-state index in [-0.39, 0.29) is 29.6 Å². The molecule has 1 unspecified atom stereocenters. The van der Waals surface area contributed by atoms with Crippen LogP contribution in [0.15, 0.2) is 24.3 Å². The van der Waals surface area contributed by atoms with Gasteiger partial charge in [-0.25, -0.2) is 0 Å². The largest absolute Gasteiger partial charge is 0.355 e. The highest BCUT2D eigenvalue weighted by Gasteiger charge is 2.35. The Balaban J connectivity index is 0.00000220. The topological polar surface area (TPSA) is 75.4 Å². The molecule has 2 amide bonds. The smallest absolute Gasteiger partial charge is 0.253 e. The minimum atomic E-state index is -0.187. The standard InChI is InChI=1S/C15H21N3O2.ClH/c1-15(9-16)6-7-18(10-15)14(20)12-5-3-4-11(8-12)13(19)17-2;/h3-5,8H,6-7,9-10,16H2,1-2H3,(H,17,19);1H. The quantitative estimate of drug-likeness (QED) is 0.883. The number of benzene rings is 1. The third-order valence-corrected chi connectivity index (χ3v) is 3.94. The molecule has 1 aromatic rings. The molecule has 116 valence electrons. The van der Waals surface area contributed by atoms with Crippen molar-refractivity contribution < 1.29 is 9.59 Å². The van der Waals surface area contributed by atoms with Gasteiger partial charge >= 0.3 is 0 Å². The maximum Gasteiger partial charge on any atom is 0.253 e. The monoisotopic (exact) mass is 311 g/mol. The van der Waals surface area contributed by atoms with E-state index in [4.69, 9.17) is 5.73 Å². The number of likely N-dealkylation sites (tertiary alicyclic amines) is 1. The van der Waals surface area contributed by atoms with Crippen LogP contribution in [0, 0.1) is 5.41 Å². The molecule has 0 aromatic heterocycles. The third kappa shape index (κ3) is 3.74. The molecule has 0 saturated carbocycles. The van der Waals surface area contributed by atoms with Gasteiger partial charge in [-0.15, -0.1) is 12.4 Å². The van der Waals surface area contributed by atoms with Crippen molar-refractivity contribution in [3.63, 3.8) is 0 Å². The predicted molar refractivity (Wildman–Crippen MR) is 84.8 cm³/mol. The van der Waals surface area contributed by atoms with Gasteiger partial charge in [-0.1, -0.05) is 13.0 Å². The molecule has 0 bridgehead atoms. The minimum Gasteiger partial charge on any atom is -0.355 e. The number of halogens is 1. The molecule has 21 heavy (non-hydrogen) atoms. The maximum atomic E-state index is 12.5. The van der Waals surface area contributed by atoms with E-state index < -0.39 is 0 Å². The molecule has 1 aliphatic rings. The highest BCUT2D eigenvalue weighted by atomic mass is 35.5. The van der Waals surface area contributed by atoms with Crippen molar-refractivity contribution in [2.75, 3.05) is 26.7 Å². The molecule has 0 aliphatic carbocycles. The summed E-state index contributed by atoms with van der Waals surface area (Å²) < 4.78 is 0. The molecule has 1 heterocycles. The van der Waals surface area contributed by atoms with Gasteiger partial charge in [0.1, 0.15) is 0 Å². The summed E-state index contributed by atoms with van der Waals surface area (Å²) in [6, 6.07) is 6.81. The normalized spacial score (nSPS) is 20.8. The van der Waals surface area contributed by atoms with Gasteiger partial charge < -0.3 is 16.0 Å². The summed E-state index contributed by atoms with van der Waals surface area (Å²) in [6.07, 6.45) is 0.921. The number of rotatable bonds is 3. The zero-order chi connectivity index (χ0) is 14.8. The summed E-state index contributed by atoms with van der Waals surface area (Å²) in [7, 11) is 1.57. The Morgan fingerprint density at radius 3 is 2.62 bits per heavy atom. The molecule has 1 aromatic carbocycles. The van der Waals surface area contributed by atoms with E-state index in [1.54, 1.807) is 31.3 Å². The second-order valence-corrected chi connectivity index (χ2v) is 5.65. The van der Waals surface area contributed by atoms with Gasteiger partial charge in [0.2, 0.25) is 0 Å². The van der Waals surface area contributed by atoms with E-state index in [9.17, 15) is 9.59 Å². The lowest BCUT2D eigenvalue weighted by Gasteiger charge is -2.22. The van der Waals surface area contributed by atoms with Crippen molar-refractivity contribution in [1.29, 1.82) is 0 Å². The molecular formula is C15H22ClN3O2. The number of nitrogens with two attached hydrogens (primary N) is 1. The van der Waals surface area contributed by atoms with Gasteiger partial charge in [-0.3, -0.25) is 9.59 Å². The zero-order valence-corrected chi connectivity index (χ0v) is 13.2. The van der Waals surface area contributed by atoms with Crippen LogP contribution in [0.4, 0.5) is 0 Å². The first kappa shape index (κ1) is 17.5. The van der Waals surface area contributed by atoms with E-state index in [1.807, 2.05) is 4.90 Å². The van der Waals surface area contributed by atoms with Gasteiger partial charge in [-0.05, 0) is 36.6 Å². The first-order valence-corrected chi connectivity index (χ1v) is 6.80. The fourth-order valence-corrected chi connectivity index (χ4v) is 2.48. The van der Waals surface area contributed by atoms with Crippen LogP contribution in [0.3, 0.4) is 0 Å². The number of nitrogens with zero attached hydrogens (tertiary/aromatic N) is 1. The van der Waals surface area contributed by atoms with E-state index in [2.05, 4.69) is 12.2 Å². The SMILES string of the molecule is CNC(=O)c1cccc(C(=O)N2CCC(C)(CN)C2)c1.Cl. The molecule has 1 atom stereocenters. The Morgan fingerprint density at radius 1 is 1.38 bits per heavy atom. The Labute approximate surface area is 131 Å². The number of nitrogens with one attached hydrogen (secondary N) is 1. The van der Waals surface area contributed by atoms with Crippen molar-refractivity contribution in [3.8, 4) is 0 Å². The lowest BCUT2D eigenvalue weighted by molar-refractivity contribution is 0.0777. The number of amides is 2. The number of hydrogen-bond acceptors (Lipinski definition) is 3. The van der Waals surface area contributed by atoms with Gasteiger partial charge in [0.05, 0.1) is 0 Å². The number of hydrogen-bond donors (Lipinski definition) is 2. The Morgan fingerprint density at radius 2 is 2.05 bits per heavy atom. The van der Waals surface area contributed by atoms with E-state index in [0.717, 1.165) is 13.0 Å². The first-order chi connectivity index (χ1) is 9.49. The maximum absolute atomic E-state index is 12.5. The molecule has 0 spiro atoms. The second kappa shape index (κ2) is 6.91. The lowest BCUT2D eigenvalue weighted by Crippen LogP contribution is -2.34. The average molecular weight is 312 g/mol. The van der Waals surface area contributed by atoms with Crippen LogP contribution >= 0.6 is 12.4 Å². The highest BCUT2D eigenvalue weighted by molar-refractivity contribution is 5.99. The van der Waals surface area contributed by atoms with Crippen molar-refractivity contribution in [2.45, 2.75) is 13.3 Å². The van der Waals surface area contributed by atoms with Crippen LogP contribution in [0.2, 0.25) is 0 Å². The van der Waals surface area contributed by atoms with Crippen LogP contribution in [-0.2, 0) is 0 Å². The summed E-state index contributed by atoms with van der Waals surface area (Å²) in [5.41, 5.74) is 6.82. The number of carbonyl (C=O) groups is 2.